The summed E-state index contributed by atoms with van der Waals surface area (Å²) in [5.41, 5.74) is 0.347. The molecular formula is C30H36ClN3O5. The molecule has 208 valence electrons. The van der Waals surface area contributed by atoms with E-state index in [1.165, 1.54) is 50.2 Å². The zero-order chi connectivity index (χ0) is 27.8. The molecule has 9 heteroatoms. The van der Waals surface area contributed by atoms with Crippen LogP contribution in [0.2, 0.25) is 5.02 Å². The third-order valence-corrected chi connectivity index (χ3v) is 7.32. The largest absolute Gasteiger partial charge is 0.495 e. The van der Waals surface area contributed by atoms with Crippen LogP contribution in [0.15, 0.2) is 47.3 Å². The van der Waals surface area contributed by atoms with E-state index in [1.807, 2.05) is 0 Å². The number of hydrogen-bond acceptors (Lipinski definition) is 6. The summed E-state index contributed by atoms with van der Waals surface area (Å²) in [4.78, 5) is 45.5. The number of para-hydroxylation sites is 2. The molecule has 3 aromatic rings. The number of aromatic nitrogens is 2. The number of carbonyl (C=O) groups is 2. The maximum atomic E-state index is 13.6. The number of benzene rings is 2. The van der Waals surface area contributed by atoms with Crippen LogP contribution < -0.4 is 15.2 Å². The van der Waals surface area contributed by atoms with Crippen molar-refractivity contribution in [1.82, 2.24) is 9.55 Å². The number of imide groups is 1. The Labute approximate surface area is 233 Å². The van der Waals surface area contributed by atoms with Crippen molar-refractivity contribution in [1.29, 1.82) is 0 Å². The fourth-order valence-electron chi connectivity index (χ4n) is 4.99. The lowest BCUT2D eigenvalue weighted by atomic mass is 10.1. The van der Waals surface area contributed by atoms with Gasteiger partial charge < -0.3 is 9.47 Å². The first-order chi connectivity index (χ1) is 19.0. The van der Waals surface area contributed by atoms with E-state index < -0.39 is 18.1 Å². The third-order valence-electron chi connectivity index (χ3n) is 7.09. The summed E-state index contributed by atoms with van der Waals surface area (Å²) in [6, 6.07) is 11.5. The number of nitrogens with zero attached hydrogens (tertiary/aromatic N) is 3. The van der Waals surface area contributed by atoms with E-state index in [4.69, 9.17) is 21.1 Å². The van der Waals surface area contributed by atoms with E-state index in [0.717, 1.165) is 30.6 Å². The van der Waals surface area contributed by atoms with Gasteiger partial charge in [-0.1, -0.05) is 88.4 Å². The Morgan fingerprint density at radius 2 is 1.59 bits per heavy atom. The van der Waals surface area contributed by atoms with Gasteiger partial charge in [-0.05, 0) is 36.8 Å². The van der Waals surface area contributed by atoms with Gasteiger partial charge in [-0.2, -0.15) is 0 Å². The molecule has 1 aromatic heterocycles. The molecule has 39 heavy (non-hydrogen) atoms. The Morgan fingerprint density at radius 3 is 2.28 bits per heavy atom. The number of hydrogen-bond donors (Lipinski definition) is 0. The van der Waals surface area contributed by atoms with Gasteiger partial charge in [-0.15, -0.1) is 0 Å². The fraction of sp³-hybridized carbons (Fsp3) is 0.467. The van der Waals surface area contributed by atoms with Crippen LogP contribution in [-0.4, -0.2) is 28.7 Å². The molecule has 0 radical (unpaired) electrons. The van der Waals surface area contributed by atoms with Crippen LogP contribution in [0.1, 0.15) is 83.1 Å². The van der Waals surface area contributed by atoms with Gasteiger partial charge in [-0.25, -0.2) is 14.7 Å². The minimum Gasteiger partial charge on any atom is -0.495 e. The highest BCUT2D eigenvalue weighted by atomic mass is 35.5. The van der Waals surface area contributed by atoms with E-state index in [2.05, 4.69) is 11.9 Å². The molecule has 1 unspecified atom stereocenters. The highest BCUT2D eigenvalue weighted by molar-refractivity contribution is 6.31. The minimum absolute atomic E-state index is 0.112. The van der Waals surface area contributed by atoms with Gasteiger partial charge in [0.2, 0.25) is 6.10 Å². The lowest BCUT2D eigenvalue weighted by Crippen LogP contribution is -2.32. The lowest BCUT2D eigenvalue weighted by Gasteiger charge is -2.17. The van der Waals surface area contributed by atoms with Crippen molar-refractivity contribution in [3.8, 4) is 5.75 Å². The van der Waals surface area contributed by atoms with Crippen LogP contribution in [0.5, 0.6) is 5.75 Å². The van der Waals surface area contributed by atoms with Crippen molar-refractivity contribution in [3.63, 3.8) is 0 Å². The average Bonchev–Trinajstić information content (AvgIpc) is 3.23. The molecule has 1 aliphatic rings. The van der Waals surface area contributed by atoms with Crippen LogP contribution in [0.4, 0.5) is 10.5 Å². The molecule has 1 fully saturated rings. The van der Waals surface area contributed by atoms with Crippen LogP contribution >= 0.6 is 11.6 Å². The fourth-order valence-corrected chi connectivity index (χ4v) is 5.16. The van der Waals surface area contributed by atoms with Gasteiger partial charge in [0.05, 0.1) is 23.7 Å². The SMILES string of the molecule is CCCCCCCCCCCCn1c(C2OC(=O)N(c3ccccc3OC)C2=O)nc2ccc(Cl)cc2c1=O. The van der Waals surface area contributed by atoms with E-state index in [-0.39, 0.29) is 17.1 Å². The number of cyclic esters (lactones) is 1. The Hall–Kier alpha value is -3.39. The molecule has 4 rings (SSSR count). The van der Waals surface area contributed by atoms with Crippen LogP contribution in [-0.2, 0) is 16.1 Å². The monoisotopic (exact) mass is 553 g/mol. The van der Waals surface area contributed by atoms with E-state index in [0.29, 0.717) is 28.2 Å². The zero-order valence-corrected chi connectivity index (χ0v) is 23.4. The lowest BCUT2D eigenvalue weighted by molar-refractivity contribution is -0.122. The van der Waals surface area contributed by atoms with Crippen molar-refractivity contribution >= 4 is 40.2 Å². The van der Waals surface area contributed by atoms with Crippen molar-refractivity contribution in [2.45, 2.75) is 83.8 Å². The predicted octanol–water partition coefficient (Wildman–Crippen LogP) is 7.20. The molecule has 0 saturated carbocycles. The molecule has 2 aromatic carbocycles. The van der Waals surface area contributed by atoms with E-state index in [1.54, 1.807) is 42.5 Å². The van der Waals surface area contributed by atoms with E-state index >= 15 is 0 Å². The second-order valence-corrected chi connectivity index (χ2v) is 10.3. The highest BCUT2D eigenvalue weighted by Gasteiger charge is 2.46. The molecule has 2 heterocycles. The molecular weight excluding hydrogens is 518 g/mol. The maximum Gasteiger partial charge on any atom is 0.422 e. The van der Waals surface area contributed by atoms with Gasteiger partial charge in [-0.3, -0.25) is 14.2 Å². The Kier molecular flexibility index (Phi) is 9.98. The molecule has 0 bridgehead atoms. The van der Waals surface area contributed by atoms with Crippen molar-refractivity contribution < 1.29 is 19.1 Å². The summed E-state index contributed by atoms with van der Waals surface area (Å²) < 4.78 is 12.3. The molecule has 0 aliphatic carbocycles. The molecule has 1 saturated heterocycles. The summed E-state index contributed by atoms with van der Waals surface area (Å²) >= 11 is 6.16. The zero-order valence-electron chi connectivity index (χ0n) is 22.7. The number of halogens is 1. The van der Waals surface area contributed by atoms with Gasteiger partial charge >= 0.3 is 6.09 Å². The van der Waals surface area contributed by atoms with Crippen molar-refractivity contribution in [2.24, 2.45) is 0 Å². The molecule has 1 aliphatic heterocycles. The van der Waals surface area contributed by atoms with Crippen molar-refractivity contribution in [2.75, 3.05) is 12.0 Å². The summed E-state index contributed by atoms with van der Waals surface area (Å²) in [5, 5.41) is 0.780. The molecule has 0 N–H and O–H groups in total. The number of amides is 2. The first kappa shape index (κ1) is 28.6. The predicted molar refractivity (Wildman–Crippen MR) is 153 cm³/mol. The van der Waals surface area contributed by atoms with Gasteiger partial charge in [0.25, 0.3) is 11.5 Å². The number of fused-ring (bicyclic) bond motifs is 1. The quantitative estimate of drug-likeness (QED) is 0.196. The first-order valence-electron chi connectivity index (χ1n) is 13.8. The molecule has 8 nitrogen and oxygen atoms in total. The average molecular weight is 554 g/mol. The Morgan fingerprint density at radius 1 is 0.923 bits per heavy atom. The second-order valence-electron chi connectivity index (χ2n) is 9.88. The molecule has 1 atom stereocenters. The smallest absolute Gasteiger partial charge is 0.422 e. The van der Waals surface area contributed by atoms with Crippen molar-refractivity contribution in [3.05, 3.63) is 63.7 Å². The number of carbonyl (C=O) groups excluding carboxylic acids is 2. The van der Waals surface area contributed by atoms with E-state index in [9.17, 15) is 14.4 Å². The molecule has 2 amide bonds. The third kappa shape index (κ3) is 6.61. The standard InChI is InChI=1S/C30H36ClN3O5/c1-3-4-5-6-7-8-9-10-11-14-19-33-27(32-23-18-17-21(31)20-22(23)28(33)35)26-29(36)34(30(37)39-26)24-15-12-13-16-25(24)38-2/h12-13,15-18,20,26H,3-11,14,19H2,1-2H3. The van der Waals surface area contributed by atoms with Crippen LogP contribution in [0, 0.1) is 0 Å². The summed E-state index contributed by atoms with van der Waals surface area (Å²) in [5.74, 6) is -0.157. The summed E-state index contributed by atoms with van der Waals surface area (Å²) in [6.45, 7) is 2.58. The first-order valence-corrected chi connectivity index (χ1v) is 14.2. The second kappa shape index (κ2) is 13.6. The Bertz CT molecular complexity index is 1370. The summed E-state index contributed by atoms with van der Waals surface area (Å²) in [6.07, 6.45) is 9.35. The minimum atomic E-state index is -1.35. The highest BCUT2D eigenvalue weighted by Crippen LogP contribution is 2.36. The van der Waals surface area contributed by atoms with Gasteiger partial charge in [0, 0.05) is 11.6 Å². The van der Waals surface area contributed by atoms with Gasteiger partial charge in [0.15, 0.2) is 5.82 Å². The van der Waals surface area contributed by atoms with Crippen LogP contribution in [0.25, 0.3) is 10.9 Å². The Balaban J connectivity index is 1.54. The normalized spacial score (nSPS) is 15.3. The number of ether oxygens (including phenoxy) is 2. The summed E-state index contributed by atoms with van der Waals surface area (Å²) in [7, 11) is 1.46. The number of anilines is 1. The van der Waals surface area contributed by atoms with Crippen LogP contribution in [0.3, 0.4) is 0 Å². The van der Waals surface area contributed by atoms with Gasteiger partial charge in [0.1, 0.15) is 5.75 Å². The molecule has 0 spiro atoms. The maximum absolute atomic E-state index is 13.6. The number of unbranched alkanes of at least 4 members (excludes halogenated alkanes) is 9. The number of rotatable bonds is 14. The number of methoxy groups -OCH3 is 1. The topological polar surface area (TPSA) is 90.7 Å².